The Kier molecular flexibility index (Phi) is 49.0. The highest BCUT2D eigenvalue weighted by atomic mass is 16.6. The van der Waals surface area contributed by atoms with E-state index in [1.54, 1.807) is 0 Å². The van der Waals surface area contributed by atoms with Gasteiger partial charge in [0.2, 0.25) is 0 Å². The number of allylic oxidation sites excluding steroid dienone is 18. The largest absolute Gasteiger partial charge is 0.462 e. The summed E-state index contributed by atoms with van der Waals surface area (Å²) in [6.45, 7) is 7.46. The number of hydrogen-bond acceptors (Lipinski definition) is 5. The fourth-order valence-corrected chi connectivity index (χ4v) is 6.61. The first-order chi connectivity index (χ1) is 30.6. The molecule has 0 aliphatic heterocycles. The maximum absolute atomic E-state index is 12.8. The van der Waals surface area contributed by atoms with Crippen LogP contribution in [0.15, 0.2) is 109 Å². The molecule has 0 bridgehead atoms. The molecule has 0 rings (SSSR count). The van der Waals surface area contributed by atoms with E-state index < -0.39 is 6.10 Å². The minimum absolute atomic E-state index is 0.0324. The lowest BCUT2D eigenvalue weighted by molar-refractivity contribution is -0.162. The fourth-order valence-electron chi connectivity index (χ4n) is 6.61. The Bertz CT molecular complexity index is 1250. The Morgan fingerprint density at radius 2 is 0.758 bits per heavy atom. The summed E-state index contributed by atoms with van der Waals surface area (Å²) < 4.78 is 17.3. The average molecular weight is 859 g/mol. The SMILES string of the molecule is CC/C=C\C/C=C\C/C=C\C/C=C\C/C=C\CCCCCCOCC(COC(=O)CC/C=C\C/C=C\C/C=C\C/C=C\CC)OC(=O)CCCCCCCCCCCCCCC. The van der Waals surface area contributed by atoms with Gasteiger partial charge in [-0.1, -0.05) is 220 Å². The summed E-state index contributed by atoms with van der Waals surface area (Å²) in [5.74, 6) is -0.509. The molecule has 5 nitrogen and oxygen atoms in total. The number of carbonyl (C=O) groups is 2. The highest BCUT2D eigenvalue weighted by Gasteiger charge is 2.17. The van der Waals surface area contributed by atoms with Gasteiger partial charge in [0.25, 0.3) is 0 Å². The topological polar surface area (TPSA) is 61.8 Å². The van der Waals surface area contributed by atoms with Crippen LogP contribution in [-0.2, 0) is 23.8 Å². The molecule has 62 heavy (non-hydrogen) atoms. The zero-order valence-corrected chi connectivity index (χ0v) is 40.3. The van der Waals surface area contributed by atoms with Crippen molar-refractivity contribution < 1.29 is 23.8 Å². The van der Waals surface area contributed by atoms with Crippen LogP contribution in [-0.4, -0.2) is 37.9 Å². The van der Waals surface area contributed by atoms with Gasteiger partial charge in [-0.15, -0.1) is 0 Å². The maximum atomic E-state index is 12.8. The van der Waals surface area contributed by atoms with Crippen molar-refractivity contribution in [2.75, 3.05) is 19.8 Å². The van der Waals surface area contributed by atoms with Crippen molar-refractivity contribution in [1.82, 2.24) is 0 Å². The second-order valence-corrected chi connectivity index (χ2v) is 16.3. The van der Waals surface area contributed by atoms with Crippen LogP contribution in [0.3, 0.4) is 0 Å². The molecule has 0 aromatic rings. The smallest absolute Gasteiger partial charge is 0.306 e. The molecule has 0 saturated heterocycles. The molecule has 5 heteroatoms. The van der Waals surface area contributed by atoms with E-state index in [1.807, 2.05) is 6.08 Å². The number of hydrogen-bond donors (Lipinski definition) is 0. The predicted molar refractivity (Wildman–Crippen MR) is 269 cm³/mol. The Hall–Kier alpha value is -3.44. The van der Waals surface area contributed by atoms with Crippen LogP contribution in [0.1, 0.15) is 213 Å². The van der Waals surface area contributed by atoms with Crippen LogP contribution in [0, 0.1) is 0 Å². The molecular formula is C57H94O5. The lowest BCUT2D eigenvalue weighted by Crippen LogP contribution is -2.30. The van der Waals surface area contributed by atoms with Crippen molar-refractivity contribution in [3.63, 3.8) is 0 Å². The van der Waals surface area contributed by atoms with Gasteiger partial charge < -0.3 is 14.2 Å². The van der Waals surface area contributed by atoms with E-state index >= 15 is 0 Å². The van der Waals surface area contributed by atoms with Crippen LogP contribution in [0.25, 0.3) is 0 Å². The third-order valence-electron chi connectivity index (χ3n) is 10.3. The van der Waals surface area contributed by atoms with Gasteiger partial charge >= 0.3 is 11.9 Å². The van der Waals surface area contributed by atoms with Crippen LogP contribution in [0.5, 0.6) is 0 Å². The Labute approximate surface area is 383 Å². The lowest BCUT2D eigenvalue weighted by Gasteiger charge is -2.18. The normalized spacial score (nSPS) is 13.1. The van der Waals surface area contributed by atoms with Gasteiger partial charge in [-0.2, -0.15) is 0 Å². The Morgan fingerprint density at radius 1 is 0.371 bits per heavy atom. The molecule has 0 radical (unpaired) electrons. The zero-order valence-electron chi connectivity index (χ0n) is 40.3. The first kappa shape index (κ1) is 58.6. The number of carbonyl (C=O) groups excluding carboxylic acids is 2. The molecule has 0 aliphatic carbocycles. The van der Waals surface area contributed by atoms with Gasteiger partial charge in [-0.25, -0.2) is 0 Å². The lowest BCUT2D eigenvalue weighted by atomic mass is 10.0. The molecule has 0 N–H and O–H groups in total. The number of esters is 2. The van der Waals surface area contributed by atoms with Crippen LogP contribution < -0.4 is 0 Å². The van der Waals surface area contributed by atoms with E-state index in [4.69, 9.17) is 14.2 Å². The summed E-state index contributed by atoms with van der Waals surface area (Å²) in [5, 5.41) is 0. The minimum atomic E-state index is -0.582. The van der Waals surface area contributed by atoms with E-state index in [2.05, 4.69) is 124 Å². The van der Waals surface area contributed by atoms with E-state index in [1.165, 1.54) is 70.6 Å². The second kappa shape index (κ2) is 51.9. The molecule has 0 amide bonds. The van der Waals surface area contributed by atoms with Crippen molar-refractivity contribution in [2.45, 2.75) is 219 Å². The van der Waals surface area contributed by atoms with Crippen LogP contribution in [0.2, 0.25) is 0 Å². The quantitative estimate of drug-likeness (QED) is 0.0347. The molecular weight excluding hydrogens is 765 g/mol. The molecule has 1 unspecified atom stereocenters. The van der Waals surface area contributed by atoms with Crippen molar-refractivity contribution in [3.05, 3.63) is 109 Å². The number of ether oxygens (including phenoxy) is 3. The Balaban J connectivity index is 4.40. The first-order valence-electron chi connectivity index (χ1n) is 25.4. The summed E-state index contributed by atoms with van der Waals surface area (Å²) in [7, 11) is 0. The molecule has 0 saturated carbocycles. The summed E-state index contributed by atoms with van der Waals surface area (Å²) in [5.41, 5.74) is 0. The van der Waals surface area contributed by atoms with Gasteiger partial charge in [-0.3, -0.25) is 9.59 Å². The first-order valence-corrected chi connectivity index (χ1v) is 25.4. The fraction of sp³-hybridized carbons (Fsp3) is 0.649. The monoisotopic (exact) mass is 859 g/mol. The number of rotatable bonds is 45. The Morgan fingerprint density at radius 3 is 1.23 bits per heavy atom. The zero-order chi connectivity index (χ0) is 44.9. The molecule has 0 heterocycles. The molecule has 0 aliphatic rings. The van der Waals surface area contributed by atoms with Crippen molar-refractivity contribution in [3.8, 4) is 0 Å². The van der Waals surface area contributed by atoms with Gasteiger partial charge in [0, 0.05) is 19.4 Å². The molecule has 0 fully saturated rings. The third-order valence-corrected chi connectivity index (χ3v) is 10.3. The van der Waals surface area contributed by atoms with Crippen LogP contribution in [0.4, 0.5) is 0 Å². The molecule has 0 aromatic carbocycles. The van der Waals surface area contributed by atoms with Gasteiger partial charge in [-0.05, 0) is 89.9 Å². The summed E-state index contributed by atoms with van der Waals surface area (Å²) in [6.07, 6.45) is 71.1. The summed E-state index contributed by atoms with van der Waals surface area (Å²) in [6, 6.07) is 0. The highest BCUT2D eigenvalue weighted by molar-refractivity contribution is 5.70. The van der Waals surface area contributed by atoms with Crippen molar-refractivity contribution >= 4 is 11.9 Å². The van der Waals surface area contributed by atoms with Crippen molar-refractivity contribution in [2.24, 2.45) is 0 Å². The van der Waals surface area contributed by atoms with E-state index in [-0.39, 0.29) is 25.2 Å². The molecule has 0 spiro atoms. The summed E-state index contributed by atoms with van der Waals surface area (Å²) >= 11 is 0. The van der Waals surface area contributed by atoms with E-state index in [0.717, 1.165) is 103 Å². The van der Waals surface area contributed by atoms with E-state index in [9.17, 15) is 9.59 Å². The van der Waals surface area contributed by atoms with E-state index in [0.29, 0.717) is 25.9 Å². The second-order valence-electron chi connectivity index (χ2n) is 16.3. The number of unbranched alkanes of at least 4 members (excludes halogenated alkanes) is 16. The minimum Gasteiger partial charge on any atom is -0.462 e. The van der Waals surface area contributed by atoms with Crippen molar-refractivity contribution in [1.29, 1.82) is 0 Å². The third kappa shape index (κ3) is 49.2. The van der Waals surface area contributed by atoms with Gasteiger partial charge in [0.15, 0.2) is 6.10 Å². The van der Waals surface area contributed by atoms with Gasteiger partial charge in [0.05, 0.1) is 6.61 Å². The average Bonchev–Trinajstić information content (AvgIpc) is 3.27. The molecule has 1 atom stereocenters. The molecule has 0 aromatic heterocycles. The maximum Gasteiger partial charge on any atom is 0.306 e. The highest BCUT2D eigenvalue weighted by Crippen LogP contribution is 2.14. The summed E-state index contributed by atoms with van der Waals surface area (Å²) in [4.78, 5) is 25.3. The van der Waals surface area contributed by atoms with Gasteiger partial charge in [0.1, 0.15) is 6.61 Å². The molecule has 352 valence electrons. The predicted octanol–water partition coefficient (Wildman–Crippen LogP) is 17.2. The standard InChI is InChI=1S/C57H94O5/c1-4-7-10-13-16-19-22-25-26-27-28-29-30-31-34-37-40-43-46-49-52-60-53-55(62-57(59)51-48-45-42-39-36-33-24-21-18-15-12-9-6-3)54-61-56(58)50-47-44-41-38-35-32-23-20-17-14-11-8-5-2/h7-8,10-11,16-17,19-20,25-26,28-29,31-32,34-35,41,44,55H,4-6,9,12-15,18,21-24,27,30,33,36-40,42-43,45-54H2,1-3H3/b10-7-,11-8-,19-16-,20-17-,26-25-,29-28-,34-31-,35-32-,44-41-. The van der Waals surface area contributed by atoms with Crippen LogP contribution >= 0.6 is 0 Å².